The van der Waals surface area contributed by atoms with Gasteiger partial charge in [0.15, 0.2) is 0 Å². The van der Waals surface area contributed by atoms with Crippen molar-refractivity contribution in [1.82, 2.24) is 0 Å². The lowest BCUT2D eigenvalue weighted by Gasteiger charge is -2.64. The Labute approximate surface area is 333 Å². The van der Waals surface area contributed by atoms with Crippen LogP contribution < -0.4 is 4.74 Å². The van der Waals surface area contributed by atoms with E-state index < -0.39 is 0 Å². The zero-order chi connectivity index (χ0) is 40.0. The van der Waals surface area contributed by atoms with Gasteiger partial charge in [-0.3, -0.25) is 14.4 Å². The number of carbonyl (C=O) groups is 4. The molecule has 0 bridgehead atoms. The van der Waals surface area contributed by atoms with Crippen LogP contribution in [0.1, 0.15) is 124 Å². The Kier molecular flexibility index (Phi) is 13.9. The summed E-state index contributed by atoms with van der Waals surface area (Å²) >= 11 is 0. The summed E-state index contributed by atoms with van der Waals surface area (Å²) in [5.41, 5.74) is 1.64. The van der Waals surface area contributed by atoms with Crippen LogP contribution in [0.4, 0.5) is 0 Å². The number of aliphatic hydroxyl groups excluding tert-OH is 1. The van der Waals surface area contributed by atoms with Crippen LogP contribution in [0.15, 0.2) is 35.9 Å². The quantitative estimate of drug-likeness (QED) is 0.0763. The first kappa shape index (κ1) is 42.2. The van der Waals surface area contributed by atoms with Gasteiger partial charge in [0.25, 0.3) is 12.9 Å². The molecular formula is C46H66O10. The van der Waals surface area contributed by atoms with Crippen molar-refractivity contribution in [2.45, 2.75) is 149 Å². The number of benzene rings is 1. The van der Waals surface area contributed by atoms with Crippen molar-refractivity contribution in [2.24, 2.45) is 52.3 Å². The molecule has 0 spiro atoms. The van der Waals surface area contributed by atoms with Gasteiger partial charge in [0.2, 0.25) is 0 Å². The third kappa shape index (κ3) is 9.00. The Morgan fingerprint density at radius 2 is 1.68 bits per heavy atom. The van der Waals surface area contributed by atoms with Crippen LogP contribution in [0.25, 0.3) is 0 Å². The maximum atomic E-state index is 13.5. The molecule has 1 N–H and O–H groups in total. The van der Waals surface area contributed by atoms with Crippen LogP contribution in [0.3, 0.4) is 0 Å². The SMILES string of the molecule is CCOC(=O)/C=C(/C)COc1ccc(C[C@H]2CCCC[C@@H]2OC(=O)CC[C@@H](C)[C@H]2CC[C@H]3[C@@H]4[C@H](OC=O)C[C@@H]5C[C@H](O)CC[C@]5(C)[C@H]4C[C@H](OC=O)[C@]23C)cc1. The lowest BCUT2D eigenvalue weighted by atomic mass is 9.43. The number of carbonyl (C=O) groups excluding carboxylic acids is 4. The molecule has 5 aliphatic rings. The molecule has 0 heterocycles. The summed E-state index contributed by atoms with van der Waals surface area (Å²) < 4.78 is 29.1. The molecule has 0 aliphatic heterocycles. The van der Waals surface area contributed by atoms with Crippen molar-refractivity contribution in [2.75, 3.05) is 13.2 Å². The third-order valence-corrected chi connectivity index (χ3v) is 15.4. The van der Waals surface area contributed by atoms with E-state index in [4.69, 9.17) is 23.7 Å². The van der Waals surface area contributed by atoms with E-state index in [1.807, 2.05) is 19.1 Å². The molecule has 0 amide bonds. The molecular weight excluding hydrogens is 712 g/mol. The molecule has 0 saturated heterocycles. The van der Waals surface area contributed by atoms with Crippen molar-refractivity contribution < 1.29 is 48.0 Å². The summed E-state index contributed by atoms with van der Waals surface area (Å²) in [6, 6.07) is 8.04. The molecule has 0 aromatic heterocycles. The van der Waals surface area contributed by atoms with Crippen molar-refractivity contribution in [1.29, 1.82) is 0 Å². The van der Waals surface area contributed by atoms with Crippen molar-refractivity contribution >= 4 is 24.9 Å². The standard InChI is InChI=1S/C46H66O10/c1-6-52-43(51)21-29(2)26-53-35-14-12-31(13-15-35)22-32-9-7-8-10-39(32)56-42(50)18-11-30(3)36-16-17-37-44-38(25-41(55-28-48)46(36,37)5)45(4)20-19-34(49)23-33(45)24-40(44)54-27-47/h12-15,21,27-28,30,32-34,36-41,44,49H,6-11,16-20,22-26H2,1-5H3/b29-21-/t30-,32-,33+,34-,36-,37+,38+,39+,40-,41+,44+,45+,46-/m1/s1. The van der Waals surface area contributed by atoms with Gasteiger partial charge in [-0.05, 0) is 155 Å². The average Bonchev–Trinajstić information content (AvgIpc) is 3.53. The van der Waals surface area contributed by atoms with Gasteiger partial charge in [-0.25, -0.2) is 4.79 Å². The van der Waals surface area contributed by atoms with Gasteiger partial charge >= 0.3 is 11.9 Å². The molecule has 0 unspecified atom stereocenters. The van der Waals surface area contributed by atoms with Crippen molar-refractivity contribution in [3.63, 3.8) is 0 Å². The molecule has 13 atom stereocenters. The first-order chi connectivity index (χ1) is 26.9. The average molecular weight is 779 g/mol. The highest BCUT2D eigenvalue weighted by molar-refractivity contribution is 5.82. The van der Waals surface area contributed by atoms with Crippen LogP contribution in [0.2, 0.25) is 0 Å². The Hall–Kier alpha value is -3.40. The summed E-state index contributed by atoms with van der Waals surface area (Å²) in [4.78, 5) is 49.1. The highest BCUT2D eigenvalue weighted by Gasteiger charge is 2.67. The molecule has 56 heavy (non-hydrogen) atoms. The number of rotatable bonds is 16. The highest BCUT2D eigenvalue weighted by Crippen LogP contribution is 2.69. The first-order valence-electron chi connectivity index (χ1n) is 21.5. The zero-order valence-electron chi connectivity index (χ0n) is 34.3. The van der Waals surface area contributed by atoms with Crippen LogP contribution in [0.5, 0.6) is 5.75 Å². The molecule has 310 valence electrons. The van der Waals surface area contributed by atoms with E-state index in [2.05, 4.69) is 32.9 Å². The second-order valence-electron chi connectivity index (χ2n) is 18.4. The Morgan fingerprint density at radius 3 is 2.41 bits per heavy atom. The van der Waals surface area contributed by atoms with Crippen molar-refractivity contribution in [3.8, 4) is 5.75 Å². The van der Waals surface area contributed by atoms with Crippen LogP contribution in [0, 0.1) is 52.3 Å². The van der Waals surface area contributed by atoms with E-state index >= 15 is 0 Å². The number of fused-ring (bicyclic) bond motifs is 5. The van der Waals surface area contributed by atoms with Crippen LogP contribution in [-0.2, 0) is 44.5 Å². The van der Waals surface area contributed by atoms with Gasteiger partial charge in [-0.15, -0.1) is 0 Å². The summed E-state index contributed by atoms with van der Waals surface area (Å²) in [5.74, 6) is 1.82. The van der Waals surface area contributed by atoms with E-state index in [0.29, 0.717) is 39.0 Å². The van der Waals surface area contributed by atoms with Crippen molar-refractivity contribution in [3.05, 3.63) is 41.5 Å². The lowest BCUT2D eigenvalue weighted by Crippen LogP contribution is -2.63. The van der Waals surface area contributed by atoms with E-state index in [1.165, 1.54) is 11.6 Å². The van der Waals surface area contributed by atoms with Crippen LogP contribution >= 0.6 is 0 Å². The molecule has 1 aromatic carbocycles. The Bertz CT molecular complexity index is 1540. The van der Waals surface area contributed by atoms with E-state index in [9.17, 15) is 24.3 Å². The zero-order valence-corrected chi connectivity index (χ0v) is 34.3. The number of hydrogen-bond acceptors (Lipinski definition) is 10. The van der Waals surface area contributed by atoms with Gasteiger partial charge in [0.1, 0.15) is 30.7 Å². The molecule has 5 saturated carbocycles. The minimum Gasteiger partial charge on any atom is -0.489 e. The number of aliphatic hydroxyl groups is 1. The maximum Gasteiger partial charge on any atom is 0.330 e. The number of hydrogen-bond donors (Lipinski definition) is 1. The summed E-state index contributed by atoms with van der Waals surface area (Å²) in [6.45, 7) is 12.4. The van der Waals surface area contributed by atoms with E-state index in [1.54, 1.807) is 6.92 Å². The lowest BCUT2D eigenvalue weighted by molar-refractivity contribution is -0.217. The minimum atomic E-state index is -0.365. The van der Waals surface area contributed by atoms with Gasteiger partial charge in [-0.2, -0.15) is 0 Å². The van der Waals surface area contributed by atoms with Gasteiger partial charge < -0.3 is 28.8 Å². The normalized spacial score (nSPS) is 37.1. The number of esters is 2. The Balaban J connectivity index is 1.06. The summed E-state index contributed by atoms with van der Waals surface area (Å²) in [7, 11) is 0. The van der Waals surface area contributed by atoms with Gasteiger partial charge in [0.05, 0.1) is 12.7 Å². The summed E-state index contributed by atoms with van der Waals surface area (Å²) in [6.07, 6.45) is 12.4. The first-order valence-corrected chi connectivity index (χ1v) is 21.5. The molecule has 1 aromatic rings. The molecule has 10 heteroatoms. The highest BCUT2D eigenvalue weighted by atomic mass is 16.5. The van der Waals surface area contributed by atoms with Gasteiger partial charge in [-0.1, -0.05) is 39.3 Å². The monoisotopic (exact) mass is 778 g/mol. The minimum absolute atomic E-state index is 0.00878. The van der Waals surface area contributed by atoms with Crippen LogP contribution in [-0.4, -0.2) is 67.6 Å². The topological polar surface area (TPSA) is 135 Å². The molecule has 6 rings (SSSR count). The Morgan fingerprint density at radius 1 is 0.929 bits per heavy atom. The van der Waals surface area contributed by atoms with E-state index in [-0.39, 0.29) is 88.6 Å². The summed E-state index contributed by atoms with van der Waals surface area (Å²) in [5, 5.41) is 10.6. The number of ether oxygens (including phenoxy) is 5. The predicted molar refractivity (Wildman–Crippen MR) is 210 cm³/mol. The third-order valence-electron chi connectivity index (χ3n) is 15.4. The fourth-order valence-electron chi connectivity index (χ4n) is 12.5. The second kappa shape index (κ2) is 18.5. The van der Waals surface area contributed by atoms with E-state index in [0.717, 1.165) is 88.4 Å². The second-order valence-corrected chi connectivity index (χ2v) is 18.4. The van der Waals surface area contributed by atoms with Gasteiger partial charge in [0, 0.05) is 23.8 Å². The molecule has 10 nitrogen and oxygen atoms in total. The largest absolute Gasteiger partial charge is 0.489 e. The molecule has 0 radical (unpaired) electrons. The predicted octanol–water partition coefficient (Wildman–Crippen LogP) is 7.96. The fraction of sp³-hybridized carbons (Fsp3) is 0.739. The maximum absolute atomic E-state index is 13.5. The fourth-order valence-corrected chi connectivity index (χ4v) is 12.5. The molecule has 5 aliphatic carbocycles. The molecule has 5 fully saturated rings. The smallest absolute Gasteiger partial charge is 0.330 e.